The molecule has 0 aliphatic rings. The van der Waals surface area contributed by atoms with Crippen LogP contribution in [-0.4, -0.2) is 42.4 Å². The van der Waals surface area contributed by atoms with Gasteiger partial charge in [0.05, 0.1) is 19.8 Å². The van der Waals surface area contributed by atoms with Crippen molar-refractivity contribution in [3.05, 3.63) is 59.8 Å². The minimum atomic E-state index is 0.0110. The fourth-order valence-electron chi connectivity index (χ4n) is 2.61. The molecule has 27 heavy (non-hydrogen) atoms. The lowest BCUT2D eigenvalue weighted by molar-refractivity contribution is 0.265. The maximum absolute atomic E-state index is 9.72. The molecule has 0 aliphatic carbocycles. The quantitative estimate of drug-likeness (QED) is 0.443. The monoisotopic (exact) mass is 370 g/mol. The van der Waals surface area contributed by atoms with Gasteiger partial charge in [-0.05, 0) is 25.0 Å². The van der Waals surface area contributed by atoms with Gasteiger partial charge in [0.25, 0.3) is 0 Å². The van der Waals surface area contributed by atoms with Gasteiger partial charge in [-0.3, -0.25) is 0 Å². The summed E-state index contributed by atoms with van der Waals surface area (Å²) in [4.78, 5) is 8.95. The number of ether oxygens (including phenoxy) is 1. The molecule has 0 amide bonds. The van der Waals surface area contributed by atoms with Crippen LogP contribution in [0.2, 0.25) is 0 Å². The molecule has 0 spiro atoms. The van der Waals surface area contributed by atoms with Crippen molar-refractivity contribution in [1.82, 2.24) is 15.6 Å². The molecule has 2 rings (SSSR count). The van der Waals surface area contributed by atoms with Gasteiger partial charge in [0.15, 0.2) is 5.96 Å². The van der Waals surface area contributed by atoms with E-state index in [-0.39, 0.29) is 12.5 Å². The maximum atomic E-state index is 9.72. The fraction of sp³-hybridized carbons (Fsp3) is 0.429. The van der Waals surface area contributed by atoms with Crippen LogP contribution in [-0.2, 0) is 6.54 Å². The summed E-state index contributed by atoms with van der Waals surface area (Å²) in [5.74, 6) is 1.35. The normalized spacial score (nSPS) is 12.5. The van der Waals surface area contributed by atoms with Gasteiger partial charge in [-0.25, -0.2) is 9.98 Å². The molecule has 2 aromatic rings. The molecule has 1 heterocycles. The lowest BCUT2D eigenvalue weighted by Crippen LogP contribution is -2.39. The highest BCUT2D eigenvalue weighted by molar-refractivity contribution is 5.79. The molecule has 0 bridgehead atoms. The molecule has 0 saturated carbocycles. The van der Waals surface area contributed by atoms with E-state index in [2.05, 4.69) is 27.5 Å². The minimum absolute atomic E-state index is 0.0110. The molecule has 1 aromatic carbocycles. The second-order valence-corrected chi connectivity index (χ2v) is 6.18. The largest absolute Gasteiger partial charge is 0.477 e. The number of aliphatic hydroxyl groups is 1. The van der Waals surface area contributed by atoms with Gasteiger partial charge in [0.1, 0.15) is 0 Å². The zero-order valence-electron chi connectivity index (χ0n) is 16.2. The maximum Gasteiger partial charge on any atom is 0.218 e. The average Bonchev–Trinajstić information content (AvgIpc) is 2.72. The van der Waals surface area contributed by atoms with E-state index in [4.69, 9.17) is 4.74 Å². The Morgan fingerprint density at radius 1 is 1.15 bits per heavy atom. The van der Waals surface area contributed by atoms with Crippen LogP contribution in [0.4, 0.5) is 0 Å². The number of aromatic nitrogens is 1. The van der Waals surface area contributed by atoms with Crippen molar-refractivity contribution in [3.63, 3.8) is 0 Å². The number of aliphatic imine (C=N–C) groups is 1. The first kappa shape index (κ1) is 20.7. The molecule has 146 valence electrons. The van der Waals surface area contributed by atoms with Crippen LogP contribution in [0.3, 0.4) is 0 Å². The van der Waals surface area contributed by atoms with Gasteiger partial charge in [-0.1, -0.05) is 43.3 Å². The summed E-state index contributed by atoms with van der Waals surface area (Å²) in [5.41, 5.74) is 2.05. The molecule has 1 atom stereocenters. The summed E-state index contributed by atoms with van der Waals surface area (Å²) in [6, 6.07) is 13.9. The van der Waals surface area contributed by atoms with Crippen LogP contribution < -0.4 is 15.4 Å². The average molecular weight is 370 g/mol. The summed E-state index contributed by atoms with van der Waals surface area (Å²) < 4.78 is 5.70. The Bertz CT molecular complexity index is 692. The highest BCUT2D eigenvalue weighted by Crippen LogP contribution is 2.16. The van der Waals surface area contributed by atoms with Crippen LogP contribution in [0.1, 0.15) is 37.3 Å². The first-order valence-electron chi connectivity index (χ1n) is 9.53. The lowest BCUT2D eigenvalue weighted by atomic mass is 10.0. The summed E-state index contributed by atoms with van der Waals surface area (Å²) in [5, 5.41) is 16.3. The van der Waals surface area contributed by atoms with E-state index < -0.39 is 0 Å². The van der Waals surface area contributed by atoms with Gasteiger partial charge in [0, 0.05) is 30.8 Å². The van der Waals surface area contributed by atoms with Crippen LogP contribution in [0.25, 0.3) is 0 Å². The third-order valence-corrected chi connectivity index (χ3v) is 4.05. The van der Waals surface area contributed by atoms with E-state index in [0.717, 1.165) is 24.1 Å². The van der Waals surface area contributed by atoms with Crippen molar-refractivity contribution in [3.8, 4) is 5.88 Å². The van der Waals surface area contributed by atoms with Gasteiger partial charge in [0.2, 0.25) is 5.88 Å². The zero-order chi connectivity index (χ0) is 19.3. The van der Waals surface area contributed by atoms with E-state index in [1.807, 2.05) is 49.4 Å². The number of aliphatic hydroxyl groups excluding tert-OH is 1. The Hall–Kier alpha value is -2.60. The molecule has 0 fully saturated rings. The molecule has 0 aliphatic heterocycles. The van der Waals surface area contributed by atoms with Crippen molar-refractivity contribution in [2.45, 2.75) is 32.7 Å². The van der Waals surface area contributed by atoms with Gasteiger partial charge in [-0.2, -0.15) is 0 Å². The number of nitrogens with one attached hydrogen (secondary N) is 2. The van der Waals surface area contributed by atoms with Crippen molar-refractivity contribution >= 4 is 5.96 Å². The summed E-state index contributed by atoms with van der Waals surface area (Å²) in [6.07, 6.45) is 2.67. The molecular weight excluding hydrogens is 340 g/mol. The summed E-state index contributed by atoms with van der Waals surface area (Å²) >= 11 is 0. The number of hydrogen-bond donors (Lipinski definition) is 3. The first-order chi connectivity index (χ1) is 13.3. The summed E-state index contributed by atoms with van der Waals surface area (Å²) in [6.45, 7) is 6.63. The molecule has 1 aromatic heterocycles. The number of benzene rings is 1. The van der Waals surface area contributed by atoms with Crippen molar-refractivity contribution in [1.29, 1.82) is 0 Å². The van der Waals surface area contributed by atoms with Crippen LogP contribution in [0.15, 0.2) is 53.7 Å². The number of pyridine rings is 1. The Balaban J connectivity index is 2.02. The number of hydrogen-bond acceptors (Lipinski definition) is 4. The van der Waals surface area contributed by atoms with Crippen molar-refractivity contribution < 1.29 is 9.84 Å². The summed E-state index contributed by atoms with van der Waals surface area (Å²) in [7, 11) is 0. The highest BCUT2D eigenvalue weighted by Gasteiger charge is 2.11. The molecular formula is C21H30N4O2. The second-order valence-electron chi connectivity index (χ2n) is 6.18. The van der Waals surface area contributed by atoms with E-state index in [9.17, 15) is 5.11 Å². The third kappa shape index (κ3) is 6.90. The van der Waals surface area contributed by atoms with Gasteiger partial charge in [-0.15, -0.1) is 0 Å². The van der Waals surface area contributed by atoms with Crippen molar-refractivity contribution in [2.75, 3.05) is 26.3 Å². The van der Waals surface area contributed by atoms with E-state index in [1.54, 1.807) is 6.20 Å². The van der Waals surface area contributed by atoms with Gasteiger partial charge < -0.3 is 20.5 Å². The zero-order valence-corrected chi connectivity index (χ0v) is 16.2. The van der Waals surface area contributed by atoms with Gasteiger partial charge >= 0.3 is 0 Å². The number of rotatable bonds is 10. The number of nitrogens with zero attached hydrogens (tertiary/aromatic N) is 2. The van der Waals surface area contributed by atoms with Crippen LogP contribution in [0.5, 0.6) is 5.88 Å². The SMILES string of the molecule is CCCOc1ncccc1CN=C(NCC)NCC(CO)c1ccccc1. The van der Waals surface area contributed by atoms with E-state index in [0.29, 0.717) is 31.5 Å². The Kier molecular flexibility index (Phi) is 9.13. The predicted molar refractivity (Wildman–Crippen MR) is 109 cm³/mol. The highest BCUT2D eigenvalue weighted by atomic mass is 16.5. The van der Waals surface area contributed by atoms with E-state index in [1.165, 1.54) is 0 Å². The standard InChI is InChI=1S/C21H30N4O2/c1-3-13-27-20-18(11-8-12-23-20)14-24-21(22-4-2)25-15-19(16-26)17-9-6-5-7-10-17/h5-12,19,26H,3-4,13-16H2,1-2H3,(H2,22,24,25). The molecule has 0 saturated heterocycles. The fourth-order valence-corrected chi connectivity index (χ4v) is 2.61. The predicted octanol–water partition coefficient (Wildman–Crippen LogP) is 2.70. The number of guanidine groups is 1. The lowest BCUT2D eigenvalue weighted by Gasteiger charge is -2.18. The molecule has 6 nitrogen and oxygen atoms in total. The Morgan fingerprint density at radius 2 is 1.96 bits per heavy atom. The van der Waals surface area contributed by atoms with E-state index >= 15 is 0 Å². The smallest absolute Gasteiger partial charge is 0.218 e. The Morgan fingerprint density at radius 3 is 2.67 bits per heavy atom. The second kappa shape index (κ2) is 11.9. The third-order valence-electron chi connectivity index (χ3n) is 4.05. The minimum Gasteiger partial charge on any atom is -0.477 e. The topological polar surface area (TPSA) is 78.8 Å². The Labute approximate surface area is 161 Å². The first-order valence-corrected chi connectivity index (χ1v) is 9.53. The molecule has 1 unspecified atom stereocenters. The van der Waals surface area contributed by atoms with Crippen LogP contribution >= 0.6 is 0 Å². The van der Waals surface area contributed by atoms with Crippen LogP contribution in [0, 0.1) is 0 Å². The van der Waals surface area contributed by atoms with Crippen molar-refractivity contribution in [2.24, 2.45) is 4.99 Å². The molecule has 3 N–H and O–H groups in total. The molecule has 6 heteroatoms. The molecule has 0 radical (unpaired) electrons.